The van der Waals surface area contributed by atoms with Crippen molar-refractivity contribution < 1.29 is 23.9 Å². The maximum absolute atomic E-state index is 15.4. The third-order valence-corrected chi connectivity index (χ3v) is 7.43. The van der Waals surface area contributed by atoms with Crippen LogP contribution in [-0.2, 0) is 0 Å². The summed E-state index contributed by atoms with van der Waals surface area (Å²) in [6.45, 7) is 8.19. The van der Waals surface area contributed by atoms with Gasteiger partial charge in [0.2, 0.25) is 5.43 Å². The van der Waals surface area contributed by atoms with Crippen molar-refractivity contribution in [3.05, 3.63) is 91.9 Å². The topological polar surface area (TPSA) is 117 Å². The predicted molar refractivity (Wildman–Crippen MR) is 138 cm³/mol. The number of piperidine rings is 1. The lowest BCUT2D eigenvalue weighted by molar-refractivity contribution is 0.0663. The number of hydrogen-bond acceptors (Lipinski definition) is 6. The molecule has 0 spiro atoms. The van der Waals surface area contributed by atoms with Crippen LogP contribution in [0.1, 0.15) is 62.8 Å². The van der Waals surface area contributed by atoms with Crippen molar-refractivity contribution in [1.29, 1.82) is 0 Å². The van der Waals surface area contributed by atoms with Gasteiger partial charge in [0.1, 0.15) is 11.2 Å². The summed E-state index contributed by atoms with van der Waals surface area (Å²) in [6, 6.07) is 7.54. The van der Waals surface area contributed by atoms with E-state index in [1.807, 2.05) is 0 Å². The SMILES string of the molecule is [C-]#[N+]/C(CN1C(=O)c2ccccc2C1=O)=C1\CCCN(c2nc3c(cc2F)c(=O)c(C(=O)O)cn3C2CC2)C1. The molecule has 3 aromatic rings. The van der Waals surface area contributed by atoms with E-state index in [1.54, 1.807) is 33.7 Å². The summed E-state index contributed by atoms with van der Waals surface area (Å²) in [5, 5.41) is 9.37. The molecule has 2 aliphatic heterocycles. The number of aromatic nitrogens is 2. The van der Waals surface area contributed by atoms with Crippen LogP contribution in [0.5, 0.6) is 0 Å². The number of carboxylic acids is 1. The van der Waals surface area contributed by atoms with Gasteiger partial charge in [0, 0.05) is 25.3 Å². The molecular formula is C28H22FN5O5. The Kier molecular flexibility index (Phi) is 5.75. The standard InChI is InChI=1S/C28H22FN5O5/c1-30-22(14-34-26(36)17-6-2-3-7-18(17)27(34)37)15-5-4-10-32(12-15)25-21(29)11-19-23(35)20(28(38)39)13-33(16-8-9-16)24(19)31-25/h2-3,6-7,11,13,16H,4-5,8-10,12,14H2,(H,38,39)/b22-15+. The highest BCUT2D eigenvalue weighted by atomic mass is 19.1. The van der Waals surface area contributed by atoms with Gasteiger partial charge in [-0.3, -0.25) is 19.3 Å². The molecule has 1 saturated carbocycles. The van der Waals surface area contributed by atoms with E-state index in [0.29, 0.717) is 36.1 Å². The van der Waals surface area contributed by atoms with Gasteiger partial charge in [-0.25, -0.2) is 19.0 Å². The molecule has 0 unspecified atom stereocenters. The van der Waals surface area contributed by atoms with Crippen LogP contribution in [0.25, 0.3) is 15.9 Å². The van der Waals surface area contributed by atoms with Crippen LogP contribution in [0, 0.1) is 12.4 Å². The molecule has 3 aliphatic rings. The van der Waals surface area contributed by atoms with E-state index < -0.39 is 34.6 Å². The largest absolute Gasteiger partial charge is 0.477 e. The van der Waals surface area contributed by atoms with Crippen LogP contribution in [-0.4, -0.2) is 57.0 Å². The molecule has 4 heterocycles. The number of nitrogens with zero attached hydrogens (tertiary/aromatic N) is 5. The zero-order chi connectivity index (χ0) is 27.4. The van der Waals surface area contributed by atoms with Crippen LogP contribution in [0.2, 0.25) is 0 Å². The third kappa shape index (κ3) is 4.05. The van der Waals surface area contributed by atoms with Crippen molar-refractivity contribution in [3.63, 3.8) is 0 Å². The fourth-order valence-electron chi connectivity index (χ4n) is 5.29. The van der Waals surface area contributed by atoms with E-state index in [4.69, 9.17) is 6.57 Å². The summed E-state index contributed by atoms with van der Waals surface area (Å²) in [7, 11) is 0. The number of carboxylic acid groups (broad SMARTS) is 1. The summed E-state index contributed by atoms with van der Waals surface area (Å²) in [5.41, 5.74) is 0.529. The number of rotatable bonds is 5. The number of pyridine rings is 2. The number of hydrogen-bond donors (Lipinski definition) is 1. The highest BCUT2D eigenvalue weighted by molar-refractivity contribution is 6.21. The second-order valence-corrected chi connectivity index (χ2v) is 9.91. The van der Waals surface area contributed by atoms with Crippen LogP contribution < -0.4 is 10.3 Å². The van der Waals surface area contributed by atoms with E-state index in [9.17, 15) is 24.3 Å². The van der Waals surface area contributed by atoms with Gasteiger partial charge in [0.15, 0.2) is 17.3 Å². The van der Waals surface area contributed by atoms with Crippen LogP contribution in [0.3, 0.4) is 0 Å². The molecule has 2 amide bonds. The number of carbonyl (C=O) groups excluding carboxylic acids is 2. The van der Waals surface area contributed by atoms with E-state index in [0.717, 1.165) is 23.8 Å². The third-order valence-electron chi connectivity index (χ3n) is 7.43. The first-order valence-corrected chi connectivity index (χ1v) is 12.6. The van der Waals surface area contributed by atoms with Gasteiger partial charge >= 0.3 is 5.97 Å². The Bertz CT molecular complexity index is 1700. The van der Waals surface area contributed by atoms with E-state index in [-0.39, 0.29) is 41.7 Å². The monoisotopic (exact) mass is 527 g/mol. The molecule has 1 aromatic carbocycles. The summed E-state index contributed by atoms with van der Waals surface area (Å²) in [6.07, 6.45) is 4.01. The quantitative estimate of drug-likeness (QED) is 0.398. The lowest BCUT2D eigenvalue weighted by Crippen LogP contribution is -2.36. The Balaban J connectivity index is 1.35. The fourth-order valence-corrected chi connectivity index (χ4v) is 5.29. The lowest BCUT2D eigenvalue weighted by atomic mass is 10.0. The number of halogens is 1. The van der Waals surface area contributed by atoms with Crippen molar-refractivity contribution in [1.82, 2.24) is 14.5 Å². The highest BCUT2D eigenvalue weighted by Gasteiger charge is 2.36. The maximum atomic E-state index is 15.4. The molecule has 0 radical (unpaired) electrons. The Hall–Kier alpha value is -4.85. The van der Waals surface area contributed by atoms with Gasteiger partial charge in [-0.15, -0.1) is 0 Å². The number of benzene rings is 1. The van der Waals surface area contributed by atoms with Crippen molar-refractivity contribution >= 4 is 34.6 Å². The van der Waals surface area contributed by atoms with Crippen LogP contribution in [0.4, 0.5) is 10.2 Å². The Morgan fingerprint density at radius 2 is 1.85 bits per heavy atom. The molecule has 6 rings (SSSR count). The highest BCUT2D eigenvalue weighted by Crippen LogP contribution is 2.37. The number of amides is 2. The van der Waals surface area contributed by atoms with Crippen molar-refractivity contribution in [3.8, 4) is 0 Å². The van der Waals surface area contributed by atoms with Crippen molar-refractivity contribution in [2.24, 2.45) is 0 Å². The molecule has 196 valence electrons. The van der Waals surface area contributed by atoms with Gasteiger partial charge < -0.3 is 14.6 Å². The van der Waals surface area contributed by atoms with Gasteiger partial charge in [-0.05, 0) is 49.5 Å². The molecular weight excluding hydrogens is 505 g/mol. The minimum absolute atomic E-state index is 0.00151. The molecule has 1 saturated heterocycles. The molecule has 1 N–H and O–H groups in total. The van der Waals surface area contributed by atoms with Gasteiger partial charge in [0.05, 0.1) is 29.6 Å². The number of anilines is 1. The zero-order valence-corrected chi connectivity index (χ0v) is 20.7. The number of aromatic carboxylic acids is 1. The van der Waals surface area contributed by atoms with Gasteiger partial charge in [-0.2, -0.15) is 0 Å². The van der Waals surface area contributed by atoms with Gasteiger partial charge in [-0.1, -0.05) is 12.1 Å². The first kappa shape index (κ1) is 24.5. The Morgan fingerprint density at radius 1 is 1.15 bits per heavy atom. The van der Waals surface area contributed by atoms with E-state index in [1.165, 1.54) is 6.20 Å². The molecule has 10 nitrogen and oxygen atoms in total. The van der Waals surface area contributed by atoms with Gasteiger partial charge in [0.25, 0.3) is 11.8 Å². The average Bonchev–Trinajstić information content (AvgIpc) is 3.75. The molecule has 2 fully saturated rings. The molecule has 0 bridgehead atoms. The van der Waals surface area contributed by atoms with E-state index in [2.05, 4.69) is 9.83 Å². The first-order chi connectivity index (χ1) is 18.8. The minimum Gasteiger partial charge on any atom is -0.477 e. The average molecular weight is 528 g/mol. The fraction of sp³-hybridized carbons (Fsp3) is 0.286. The van der Waals surface area contributed by atoms with E-state index >= 15 is 4.39 Å². The maximum Gasteiger partial charge on any atom is 0.341 e. The number of fused-ring (bicyclic) bond motifs is 2. The van der Waals surface area contributed by atoms with Crippen LogP contribution in [0.15, 0.2) is 52.6 Å². The number of imide groups is 1. The number of carbonyl (C=O) groups is 3. The molecule has 39 heavy (non-hydrogen) atoms. The minimum atomic E-state index is -1.38. The normalized spacial score (nSPS) is 18.4. The smallest absolute Gasteiger partial charge is 0.341 e. The predicted octanol–water partition coefficient (Wildman–Crippen LogP) is 3.64. The second kappa shape index (κ2) is 9.16. The van der Waals surface area contributed by atoms with Crippen LogP contribution >= 0.6 is 0 Å². The summed E-state index contributed by atoms with van der Waals surface area (Å²) in [4.78, 5) is 60.9. The molecule has 0 atom stereocenters. The second-order valence-electron chi connectivity index (χ2n) is 9.91. The summed E-state index contributed by atoms with van der Waals surface area (Å²) >= 11 is 0. The molecule has 1 aliphatic carbocycles. The first-order valence-electron chi connectivity index (χ1n) is 12.6. The van der Waals surface area contributed by atoms with Crippen molar-refractivity contribution in [2.75, 3.05) is 24.5 Å². The summed E-state index contributed by atoms with van der Waals surface area (Å²) < 4.78 is 17.0. The molecule has 11 heteroatoms. The zero-order valence-electron chi connectivity index (χ0n) is 20.7. The summed E-state index contributed by atoms with van der Waals surface area (Å²) in [5.74, 6) is -3.05. The van der Waals surface area contributed by atoms with Crippen molar-refractivity contribution in [2.45, 2.75) is 31.7 Å². The Labute approximate surface area is 221 Å². The Morgan fingerprint density at radius 3 is 2.46 bits per heavy atom. The molecule has 2 aromatic heterocycles. The lowest BCUT2D eigenvalue weighted by Gasteiger charge is -2.31.